The Morgan fingerprint density at radius 3 is 2.59 bits per heavy atom. The fraction of sp³-hybridized carbons (Fsp3) is 0.417. The molecule has 4 nitrogen and oxygen atoms in total. The second kappa shape index (κ2) is 5.91. The summed E-state index contributed by atoms with van der Waals surface area (Å²) in [6.45, 7) is 0. The Kier molecular flexibility index (Phi) is 4.25. The lowest BCUT2D eigenvalue weighted by molar-refractivity contribution is 0.566. The quantitative estimate of drug-likeness (QED) is 0.793. The molecule has 0 fully saturated rings. The molecule has 0 amide bonds. The molecule has 0 saturated heterocycles. The monoisotopic (exact) mass is 294 g/mol. The van der Waals surface area contributed by atoms with Crippen LogP contribution in [0.4, 0.5) is 0 Å². The number of tetrazole rings is 1. The summed E-state index contributed by atoms with van der Waals surface area (Å²) in [5.74, 6) is 1.31. The fourth-order valence-corrected chi connectivity index (χ4v) is 2.25. The number of aromatic nitrogens is 4. The van der Waals surface area contributed by atoms with Gasteiger partial charge < -0.3 is 0 Å². The summed E-state index contributed by atoms with van der Waals surface area (Å²) in [5, 5.41) is 13.0. The molecule has 0 aliphatic carbocycles. The second-order valence-electron chi connectivity index (χ2n) is 4.11. The van der Waals surface area contributed by atoms with Crippen molar-refractivity contribution < 1.29 is 0 Å². The van der Waals surface area contributed by atoms with E-state index < -0.39 is 0 Å². The molecule has 17 heavy (non-hydrogen) atoms. The van der Waals surface area contributed by atoms with Crippen molar-refractivity contribution >= 4 is 15.9 Å². The molecule has 1 aromatic heterocycles. The van der Waals surface area contributed by atoms with E-state index in [9.17, 15) is 0 Å². The molecule has 2 rings (SSSR count). The highest BCUT2D eigenvalue weighted by Gasteiger charge is 2.12. The number of benzene rings is 1. The van der Waals surface area contributed by atoms with Crippen LogP contribution in [-0.2, 0) is 19.9 Å². The molecule has 0 spiro atoms. The van der Waals surface area contributed by atoms with Crippen LogP contribution in [0.2, 0.25) is 0 Å². The Bertz CT molecular complexity index is 455. The zero-order valence-electron chi connectivity index (χ0n) is 9.75. The van der Waals surface area contributed by atoms with Gasteiger partial charge in [-0.05, 0) is 23.1 Å². The van der Waals surface area contributed by atoms with Crippen LogP contribution in [0.5, 0.6) is 0 Å². The Hall–Kier alpha value is -1.23. The summed E-state index contributed by atoms with van der Waals surface area (Å²) in [6, 6.07) is 10.5. The highest BCUT2D eigenvalue weighted by Crippen LogP contribution is 2.14. The lowest BCUT2D eigenvalue weighted by Gasteiger charge is -2.11. The fourth-order valence-electron chi connectivity index (χ4n) is 1.79. The largest absolute Gasteiger partial charge is 0.175 e. The van der Waals surface area contributed by atoms with E-state index in [1.165, 1.54) is 10.4 Å². The van der Waals surface area contributed by atoms with E-state index in [2.05, 4.69) is 55.6 Å². The minimum absolute atomic E-state index is 0.501. The Labute approximate surface area is 109 Å². The summed E-state index contributed by atoms with van der Waals surface area (Å²) in [4.78, 5) is 1.50. The maximum Gasteiger partial charge on any atom is 0.175 e. The first-order valence-electron chi connectivity index (χ1n) is 5.60. The van der Waals surface area contributed by atoms with Crippen LogP contribution in [0.1, 0.15) is 11.4 Å². The van der Waals surface area contributed by atoms with E-state index in [4.69, 9.17) is 0 Å². The molecule has 0 saturated carbocycles. The third kappa shape index (κ3) is 3.63. The molecule has 0 radical (unpaired) electrons. The highest BCUT2D eigenvalue weighted by atomic mass is 79.9. The second-order valence-corrected chi connectivity index (χ2v) is 4.76. The lowest BCUT2D eigenvalue weighted by Crippen LogP contribution is -2.11. The first-order chi connectivity index (χ1) is 8.28. The standard InChI is InChI=1S/C12H15BrN4/c1-17-15-12(14-16-17)8-11(9-13)7-10-5-3-2-4-6-10/h2-6,11H,7-9H2,1H3. The molecule has 1 atom stereocenters. The summed E-state index contributed by atoms with van der Waals surface area (Å²) in [6.07, 6.45) is 1.89. The molecule has 2 aromatic rings. The molecule has 90 valence electrons. The number of alkyl halides is 1. The normalized spacial score (nSPS) is 12.6. The van der Waals surface area contributed by atoms with Crippen LogP contribution in [0.25, 0.3) is 0 Å². The zero-order chi connectivity index (χ0) is 12.1. The van der Waals surface area contributed by atoms with Gasteiger partial charge in [0.05, 0.1) is 7.05 Å². The topological polar surface area (TPSA) is 43.6 Å². The summed E-state index contributed by atoms with van der Waals surface area (Å²) < 4.78 is 0. The van der Waals surface area contributed by atoms with Crippen molar-refractivity contribution in [3.63, 3.8) is 0 Å². The third-order valence-corrected chi connectivity index (χ3v) is 3.52. The number of hydrogen-bond donors (Lipinski definition) is 0. The minimum atomic E-state index is 0.501. The molecule has 1 aromatic carbocycles. The van der Waals surface area contributed by atoms with Gasteiger partial charge in [0, 0.05) is 11.8 Å². The smallest absolute Gasteiger partial charge is 0.167 e. The number of nitrogens with zero attached hydrogens (tertiary/aromatic N) is 4. The van der Waals surface area contributed by atoms with Crippen LogP contribution < -0.4 is 0 Å². The number of rotatable bonds is 5. The SMILES string of the molecule is Cn1nnc(CC(CBr)Cc2ccccc2)n1. The minimum Gasteiger partial charge on any atom is -0.167 e. The van der Waals surface area contributed by atoms with E-state index in [0.717, 1.165) is 24.0 Å². The van der Waals surface area contributed by atoms with Gasteiger partial charge in [-0.1, -0.05) is 46.3 Å². The van der Waals surface area contributed by atoms with Crippen LogP contribution in [0.15, 0.2) is 30.3 Å². The van der Waals surface area contributed by atoms with Crippen molar-refractivity contribution in [3.8, 4) is 0 Å². The van der Waals surface area contributed by atoms with Gasteiger partial charge >= 0.3 is 0 Å². The molecule has 1 unspecified atom stereocenters. The van der Waals surface area contributed by atoms with Crippen molar-refractivity contribution in [3.05, 3.63) is 41.7 Å². The maximum absolute atomic E-state index is 4.21. The first-order valence-corrected chi connectivity index (χ1v) is 6.73. The van der Waals surface area contributed by atoms with E-state index in [1.807, 2.05) is 6.07 Å². The molecule has 0 aliphatic heterocycles. The van der Waals surface area contributed by atoms with Gasteiger partial charge in [-0.15, -0.1) is 10.2 Å². The molecule has 0 N–H and O–H groups in total. The number of aryl methyl sites for hydroxylation is 1. The molecular formula is C12H15BrN4. The Morgan fingerprint density at radius 2 is 2.00 bits per heavy atom. The molecule has 0 aliphatic rings. The van der Waals surface area contributed by atoms with E-state index in [-0.39, 0.29) is 0 Å². The van der Waals surface area contributed by atoms with Crippen molar-refractivity contribution in [1.29, 1.82) is 0 Å². The number of hydrogen-bond acceptors (Lipinski definition) is 3. The first kappa shape index (κ1) is 12.2. The Balaban J connectivity index is 1.98. The van der Waals surface area contributed by atoms with Gasteiger partial charge in [-0.3, -0.25) is 0 Å². The predicted molar refractivity (Wildman–Crippen MR) is 69.9 cm³/mol. The summed E-state index contributed by atoms with van der Waals surface area (Å²) in [5.41, 5.74) is 1.35. The average molecular weight is 295 g/mol. The molecule has 5 heteroatoms. The van der Waals surface area contributed by atoms with Gasteiger partial charge in [-0.25, -0.2) is 0 Å². The van der Waals surface area contributed by atoms with E-state index in [1.54, 1.807) is 7.05 Å². The Morgan fingerprint density at radius 1 is 1.24 bits per heavy atom. The van der Waals surface area contributed by atoms with Gasteiger partial charge in [0.1, 0.15) is 0 Å². The van der Waals surface area contributed by atoms with Gasteiger partial charge in [-0.2, -0.15) is 4.80 Å². The summed E-state index contributed by atoms with van der Waals surface area (Å²) >= 11 is 3.55. The van der Waals surface area contributed by atoms with Crippen LogP contribution in [0, 0.1) is 5.92 Å². The molecule has 1 heterocycles. The lowest BCUT2D eigenvalue weighted by atomic mass is 9.98. The van der Waals surface area contributed by atoms with Crippen LogP contribution in [0.3, 0.4) is 0 Å². The zero-order valence-corrected chi connectivity index (χ0v) is 11.3. The van der Waals surface area contributed by atoms with Crippen molar-refractivity contribution in [2.45, 2.75) is 12.8 Å². The van der Waals surface area contributed by atoms with Crippen LogP contribution >= 0.6 is 15.9 Å². The van der Waals surface area contributed by atoms with Crippen molar-refractivity contribution in [2.24, 2.45) is 13.0 Å². The van der Waals surface area contributed by atoms with Gasteiger partial charge in [0.2, 0.25) is 0 Å². The van der Waals surface area contributed by atoms with E-state index in [0.29, 0.717) is 5.92 Å². The summed E-state index contributed by atoms with van der Waals surface area (Å²) in [7, 11) is 1.79. The van der Waals surface area contributed by atoms with Crippen LogP contribution in [-0.4, -0.2) is 25.5 Å². The third-order valence-electron chi connectivity index (χ3n) is 2.61. The molecular weight excluding hydrogens is 280 g/mol. The predicted octanol–water partition coefficient (Wildman–Crippen LogP) is 2.01. The van der Waals surface area contributed by atoms with Crippen molar-refractivity contribution in [2.75, 3.05) is 5.33 Å². The van der Waals surface area contributed by atoms with Gasteiger partial charge in [0.15, 0.2) is 5.82 Å². The highest BCUT2D eigenvalue weighted by molar-refractivity contribution is 9.09. The van der Waals surface area contributed by atoms with Crippen molar-refractivity contribution in [1.82, 2.24) is 20.2 Å². The van der Waals surface area contributed by atoms with E-state index >= 15 is 0 Å². The molecule has 0 bridgehead atoms. The maximum atomic E-state index is 4.21. The number of halogens is 1. The van der Waals surface area contributed by atoms with Gasteiger partial charge in [0.25, 0.3) is 0 Å². The average Bonchev–Trinajstić information content (AvgIpc) is 2.75.